The van der Waals surface area contributed by atoms with Crippen molar-refractivity contribution in [2.75, 3.05) is 0 Å². The molecule has 122 valence electrons. The molecule has 0 unspecified atom stereocenters. The Bertz CT molecular complexity index is 707. The zero-order valence-electron chi connectivity index (χ0n) is 13.4. The van der Waals surface area contributed by atoms with E-state index in [9.17, 15) is 15.0 Å². The summed E-state index contributed by atoms with van der Waals surface area (Å²) in [5, 5.41) is 20.3. The van der Waals surface area contributed by atoms with Crippen molar-refractivity contribution in [3.63, 3.8) is 0 Å². The lowest BCUT2D eigenvalue weighted by Crippen LogP contribution is -2.41. The molecule has 1 fully saturated rings. The summed E-state index contributed by atoms with van der Waals surface area (Å²) in [6.07, 6.45) is 0. The van der Waals surface area contributed by atoms with E-state index in [1.54, 1.807) is 39.8 Å². The third-order valence-electron chi connectivity index (χ3n) is 4.81. The van der Waals surface area contributed by atoms with Gasteiger partial charge in [-0.15, -0.1) is 0 Å². The molecular formula is C16H18BFO5. The highest BCUT2D eigenvalue weighted by Gasteiger charge is 2.57. The topological polar surface area (TPSA) is 76.0 Å². The second-order valence-electron chi connectivity index (χ2n) is 6.86. The number of hydrogen-bond acceptors (Lipinski definition) is 5. The van der Waals surface area contributed by atoms with Crippen LogP contribution in [-0.4, -0.2) is 40.1 Å². The van der Waals surface area contributed by atoms with E-state index in [0.717, 1.165) is 0 Å². The molecule has 0 spiro atoms. The first-order valence-corrected chi connectivity index (χ1v) is 7.34. The van der Waals surface area contributed by atoms with Crippen LogP contribution in [0.3, 0.4) is 0 Å². The summed E-state index contributed by atoms with van der Waals surface area (Å²) in [6.45, 7) is 7.02. The number of fused-ring (bicyclic) bond motifs is 1. The molecule has 1 aromatic rings. The van der Waals surface area contributed by atoms with Crippen LogP contribution in [0.4, 0.5) is 4.39 Å². The van der Waals surface area contributed by atoms with Crippen molar-refractivity contribution in [3.05, 3.63) is 41.1 Å². The second kappa shape index (κ2) is 4.74. The van der Waals surface area contributed by atoms with Crippen molar-refractivity contribution in [3.8, 4) is 0 Å². The average molecular weight is 320 g/mol. The van der Waals surface area contributed by atoms with E-state index >= 15 is 4.39 Å². The summed E-state index contributed by atoms with van der Waals surface area (Å²) in [4.78, 5) is 12.1. The molecule has 2 N–H and O–H groups in total. The molecule has 2 aliphatic rings. The maximum Gasteiger partial charge on any atom is 0.525 e. The Kier molecular flexibility index (Phi) is 3.36. The maximum absolute atomic E-state index is 15.0. The molecule has 0 radical (unpaired) electrons. The van der Waals surface area contributed by atoms with Gasteiger partial charge in [0.05, 0.1) is 16.8 Å². The molecule has 0 amide bonds. The fraction of sp³-hybridized carbons (Fsp3) is 0.438. The number of halogens is 1. The van der Waals surface area contributed by atoms with Crippen molar-refractivity contribution in [2.45, 2.75) is 44.7 Å². The second-order valence-corrected chi connectivity index (χ2v) is 6.86. The van der Waals surface area contributed by atoms with Crippen LogP contribution >= 0.6 is 0 Å². The SMILES string of the molecule is CC1(C)OB(C(F)=C2c3ccccc3C(=O)C2(O)O)OC1(C)C. The third kappa shape index (κ3) is 2.19. The highest BCUT2D eigenvalue weighted by molar-refractivity contribution is 6.56. The minimum Gasteiger partial charge on any atom is -0.398 e. The van der Waals surface area contributed by atoms with Gasteiger partial charge < -0.3 is 19.5 Å². The normalized spacial score (nSPS) is 26.4. The van der Waals surface area contributed by atoms with Crippen LogP contribution in [0.25, 0.3) is 5.57 Å². The van der Waals surface area contributed by atoms with Crippen molar-refractivity contribution in [2.24, 2.45) is 0 Å². The number of hydrogen-bond donors (Lipinski definition) is 2. The van der Waals surface area contributed by atoms with E-state index in [-0.39, 0.29) is 11.1 Å². The Balaban J connectivity index is 2.13. The van der Waals surface area contributed by atoms with Crippen LogP contribution in [0, 0.1) is 0 Å². The lowest BCUT2D eigenvalue weighted by Gasteiger charge is -2.32. The van der Waals surface area contributed by atoms with Crippen molar-refractivity contribution >= 4 is 18.5 Å². The van der Waals surface area contributed by atoms with Gasteiger partial charge in [-0.05, 0) is 33.3 Å². The number of carbonyl (C=O) groups excluding carboxylic acids is 1. The molecule has 1 heterocycles. The lowest BCUT2D eigenvalue weighted by molar-refractivity contribution is -0.0721. The smallest absolute Gasteiger partial charge is 0.398 e. The number of rotatable bonds is 1. The molecule has 1 aliphatic heterocycles. The van der Waals surface area contributed by atoms with E-state index in [1.165, 1.54) is 12.1 Å². The van der Waals surface area contributed by atoms with E-state index < -0.39 is 41.2 Å². The quantitative estimate of drug-likeness (QED) is 0.610. The van der Waals surface area contributed by atoms with Gasteiger partial charge in [0.25, 0.3) is 5.79 Å². The van der Waals surface area contributed by atoms with Gasteiger partial charge in [0.15, 0.2) is 0 Å². The van der Waals surface area contributed by atoms with Crippen LogP contribution in [0.1, 0.15) is 43.6 Å². The summed E-state index contributed by atoms with van der Waals surface area (Å²) in [5.41, 5.74) is -2.91. The Morgan fingerprint density at radius 2 is 1.52 bits per heavy atom. The van der Waals surface area contributed by atoms with Gasteiger partial charge in [0.1, 0.15) is 5.73 Å². The standard InChI is InChI=1S/C16H18BFO5/c1-14(2)15(3,4)23-17(22-14)13(18)11-9-7-5-6-8-10(9)12(19)16(11,20)21/h5-8,20-21H,1-4H3. The van der Waals surface area contributed by atoms with Gasteiger partial charge >= 0.3 is 7.12 Å². The average Bonchev–Trinajstić information content (AvgIpc) is 2.78. The van der Waals surface area contributed by atoms with Crippen molar-refractivity contribution in [1.29, 1.82) is 0 Å². The van der Waals surface area contributed by atoms with Crippen LogP contribution in [0.2, 0.25) is 0 Å². The predicted molar refractivity (Wildman–Crippen MR) is 82.1 cm³/mol. The zero-order valence-corrected chi connectivity index (χ0v) is 13.4. The Morgan fingerprint density at radius 3 is 2.04 bits per heavy atom. The largest absolute Gasteiger partial charge is 0.525 e. The molecule has 0 saturated carbocycles. The number of benzene rings is 1. The molecule has 5 nitrogen and oxygen atoms in total. The molecule has 0 aromatic heterocycles. The van der Waals surface area contributed by atoms with Gasteiger partial charge in [0.2, 0.25) is 5.78 Å². The summed E-state index contributed by atoms with van der Waals surface area (Å²) in [6, 6.07) is 6.04. The van der Waals surface area contributed by atoms with Gasteiger partial charge in [0, 0.05) is 5.56 Å². The zero-order chi connectivity index (χ0) is 17.2. The summed E-state index contributed by atoms with van der Waals surface area (Å²) in [5.74, 6) is -3.90. The molecular weight excluding hydrogens is 302 g/mol. The van der Waals surface area contributed by atoms with Crippen LogP contribution in [0.5, 0.6) is 0 Å². The van der Waals surface area contributed by atoms with Crippen molar-refractivity contribution in [1.82, 2.24) is 0 Å². The van der Waals surface area contributed by atoms with Gasteiger partial charge in [-0.3, -0.25) is 4.79 Å². The highest BCUT2D eigenvalue weighted by atomic mass is 19.1. The van der Waals surface area contributed by atoms with E-state index in [0.29, 0.717) is 0 Å². The Morgan fingerprint density at radius 1 is 1.04 bits per heavy atom. The van der Waals surface area contributed by atoms with Crippen molar-refractivity contribution < 1.29 is 28.7 Å². The van der Waals surface area contributed by atoms with E-state index in [2.05, 4.69) is 0 Å². The number of carbonyl (C=O) groups is 1. The molecule has 0 atom stereocenters. The van der Waals surface area contributed by atoms with Gasteiger partial charge in [-0.25, -0.2) is 4.39 Å². The van der Waals surface area contributed by atoms with Crippen LogP contribution < -0.4 is 0 Å². The molecule has 7 heteroatoms. The van der Waals surface area contributed by atoms with Gasteiger partial charge in [-0.1, -0.05) is 24.3 Å². The third-order valence-corrected chi connectivity index (χ3v) is 4.81. The van der Waals surface area contributed by atoms with Crippen LogP contribution in [-0.2, 0) is 9.31 Å². The number of ketones is 1. The Labute approximate surface area is 133 Å². The summed E-state index contributed by atoms with van der Waals surface area (Å²) >= 11 is 0. The fourth-order valence-corrected chi connectivity index (χ4v) is 2.75. The fourth-order valence-electron chi connectivity index (χ4n) is 2.75. The number of aliphatic hydroxyl groups is 2. The first-order valence-electron chi connectivity index (χ1n) is 7.34. The monoisotopic (exact) mass is 320 g/mol. The Hall–Kier alpha value is -1.54. The predicted octanol–water partition coefficient (Wildman–Crippen LogP) is 1.88. The minimum atomic E-state index is -2.93. The first-order chi connectivity index (χ1) is 10.5. The summed E-state index contributed by atoms with van der Waals surface area (Å²) < 4.78 is 26.2. The minimum absolute atomic E-state index is 0.0548. The molecule has 0 bridgehead atoms. The summed E-state index contributed by atoms with van der Waals surface area (Å²) in [7, 11) is -1.41. The molecule has 3 rings (SSSR count). The molecule has 1 aromatic carbocycles. The maximum atomic E-state index is 15.0. The number of Topliss-reactive ketones (excluding diaryl/α,β-unsaturated/α-hetero) is 1. The first kappa shape index (κ1) is 16.3. The highest BCUT2D eigenvalue weighted by Crippen LogP contribution is 2.45. The van der Waals surface area contributed by atoms with E-state index in [1.807, 2.05) is 0 Å². The molecule has 23 heavy (non-hydrogen) atoms. The molecule has 1 aliphatic carbocycles. The van der Waals surface area contributed by atoms with E-state index in [4.69, 9.17) is 9.31 Å². The molecule has 1 saturated heterocycles. The van der Waals surface area contributed by atoms with Gasteiger partial charge in [-0.2, -0.15) is 0 Å². The van der Waals surface area contributed by atoms with Crippen LogP contribution in [0.15, 0.2) is 30.0 Å². The lowest BCUT2D eigenvalue weighted by atomic mass is 9.82.